The van der Waals surface area contributed by atoms with Crippen LogP contribution >= 0.6 is 15.9 Å². The molecule has 2 aromatic heterocycles. The fourth-order valence-electron chi connectivity index (χ4n) is 5.61. The SMILES string of the molecule is CCC(C)=C(Br)/N=C(/C(c1ccc(F)cc1)N1CC(CC)N(c2nc(=O)n(C)c3ccc(C#N)nc23)C[C@H]1CC)N(C)C. The highest BCUT2D eigenvalue weighted by molar-refractivity contribution is 9.11. The van der Waals surface area contributed by atoms with E-state index in [1.807, 2.05) is 31.1 Å². The summed E-state index contributed by atoms with van der Waals surface area (Å²) in [6.45, 7) is 9.66. The summed E-state index contributed by atoms with van der Waals surface area (Å²) in [4.78, 5) is 33.8. The zero-order valence-electron chi connectivity index (χ0n) is 26.0. The smallest absolute Gasteiger partial charge is 0.349 e. The highest BCUT2D eigenvalue weighted by Gasteiger charge is 2.40. The van der Waals surface area contributed by atoms with Crippen LogP contribution in [0.15, 0.2) is 56.4 Å². The maximum absolute atomic E-state index is 14.1. The summed E-state index contributed by atoms with van der Waals surface area (Å²) < 4.78 is 16.4. The van der Waals surface area contributed by atoms with Crippen LogP contribution in [0.4, 0.5) is 10.2 Å². The summed E-state index contributed by atoms with van der Waals surface area (Å²) in [5, 5.41) is 9.56. The van der Waals surface area contributed by atoms with E-state index in [0.29, 0.717) is 29.9 Å². The molecule has 3 aromatic rings. The zero-order chi connectivity index (χ0) is 31.4. The molecule has 2 unspecified atom stereocenters. The average molecular weight is 652 g/mol. The second-order valence-corrected chi connectivity index (χ2v) is 11.9. The molecule has 3 atom stereocenters. The third kappa shape index (κ3) is 6.65. The number of amidine groups is 1. The number of hydrogen-bond donors (Lipinski definition) is 0. The van der Waals surface area contributed by atoms with E-state index in [4.69, 9.17) is 4.99 Å². The Morgan fingerprint density at radius 3 is 2.37 bits per heavy atom. The van der Waals surface area contributed by atoms with Gasteiger partial charge in [-0.25, -0.2) is 19.2 Å². The Hall–Kier alpha value is -3.62. The van der Waals surface area contributed by atoms with E-state index < -0.39 is 0 Å². The maximum Gasteiger partial charge on any atom is 0.349 e. The number of aryl methyl sites for hydroxylation is 1. The Morgan fingerprint density at radius 2 is 1.79 bits per heavy atom. The quantitative estimate of drug-likeness (QED) is 0.174. The Bertz CT molecular complexity index is 1630. The summed E-state index contributed by atoms with van der Waals surface area (Å²) in [6, 6.07) is 12.0. The summed E-state index contributed by atoms with van der Waals surface area (Å²) in [5.74, 6) is 1.06. The van der Waals surface area contributed by atoms with Crippen molar-refractivity contribution >= 4 is 38.6 Å². The van der Waals surface area contributed by atoms with Gasteiger partial charge in [-0.15, -0.1) is 0 Å². The normalized spacial score (nSPS) is 19.3. The van der Waals surface area contributed by atoms with Crippen molar-refractivity contribution in [3.05, 3.63) is 74.1 Å². The van der Waals surface area contributed by atoms with Crippen LogP contribution in [0.2, 0.25) is 0 Å². The minimum atomic E-state index is -0.367. The van der Waals surface area contributed by atoms with Crippen molar-refractivity contribution in [2.24, 2.45) is 12.0 Å². The number of rotatable bonds is 8. The van der Waals surface area contributed by atoms with Crippen molar-refractivity contribution in [2.45, 2.75) is 65.1 Å². The monoisotopic (exact) mass is 650 g/mol. The van der Waals surface area contributed by atoms with E-state index in [0.717, 1.165) is 40.8 Å². The summed E-state index contributed by atoms with van der Waals surface area (Å²) in [6.07, 6.45) is 2.46. The molecule has 1 aromatic carbocycles. The number of likely N-dealkylation sites (N-methyl/N-ethyl adjacent to an activating group) is 1. The Labute approximate surface area is 261 Å². The molecule has 9 nitrogen and oxygen atoms in total. The van der Waals surface area contributed by atoms with Gasteiger partial charge in [0.2, 0.25) is 0 Å². The number of benzene rings is 1. The lowest BCUT2D eigenvalue weighted by Crippen LogP contribution is -2.61. The molecule has 1 aliphatic heterocycles. The number of fused-ring (bicyclic) bond motifs is 1. The maximum atomic E-state index is 14.1. The number of anilines is 1. The van der Waals surface area contributed by atoms with Gasteiger partial charge in [0, 0.05) is 46.3 Å². The third-order valence-corrected chi connectivity index (χ3v) is 9.17. The predicted octanol–water partition coefficient (Wildman–Crippen LogP) is 5.76. The van der Waals surface area contributed by atoms with Gasteiger partial charge in [0.25, 0.3) is 0 Å². The molecule has 0 aliphatic carbocycles. The molecule has 1 fully saturated rings. The molecular weight excluding hydrogens is 611 g/mol. The fourth-order valence-corrected chi connectivity index (χ4v) is 6.08. The van der Waals surface area contributed by atoms with E-state index in [1.165, 1.54) is 16.7 Å². The van der Waals surface area contributed by atoms with Gasteiger partial charge in [-0.05, 0) is 77.5 Å². The van der Waals surface area contributed by atoms with E-state index >= 15 is 0 Å². The fraction of sp³-hybridized carbons (Fsp3) is 0.469. The van der Waals surface area contributed by atoms with Crippen LogP contribution in [-0.2, 0) is 7.05 Å². The molecular formula is C32H40BrFN8O. The number of piperazine rings is 1. The topological polar surface area (TPSA) is 93.6 Å². The van der Waals surface area contributed by atoms with E-state index in [-0.39, 0.29) is 35.3 Å². The third-order valence-electron chi connectivity index (χ3n) is 8.32. The van der Waals surface area contributed by atoms with Crippen LogP contribution < -0.4 is 10.6 Å². The van der Waals surface area contributed by atoms with Crippen LogP contribution in [0, 0.1) is 17.1 Å². The van der Waals surface area contributed by atoms with Gasteiger partial charge in [0.1, 0.15) is 33.5 Å². The molecule has 0 amide bonds. The molecule has 0 radical (unpaired) electrons. The number of allylic oxidation sites excluding steroid dienone is 1. The van der Waals surface area contributed by atoms with Gasteiger partial charge < -0.3 is 9.80 Å². The molecule has 0 N–H and O–H groups in total. The molecule has 0 spiro atoms. The minimum absolute atomic E-state index is 0.0131. The lowest BCUT2D eigenvalue weighted by Gasteiger charge is -2.50. The number of hydrogen-bond acceptors (Lipinski definition) is 7. The number of aliphatic imine (C=N–C) groups is 1. The van der Waals surface area contributed by atoms with Gasteiger partial charge in [-0.2, -0.15) is 10.2 Å². The summed E-state index contributed by atoms with van der Waals surface area (Å²) in [5.41, 5.74) is 3.16. The summed E-state index contributed by atoms with van der Waals surface area (Å²) >= 11 is 3.70. The first-order valence-corrected chi connectivity index (χ1v) is 15.5. The second-order valence-electron chi connectivity index (χ2n) is 11.2. The largest absolute Gasteiger partial charge is 0.365 e. The van der Waals surface area contributed by atoms with Gasteiger partial charge in [0.05, 0.1) is 11.6 Å². The number of halogens is 2. The number of aromatic nitrogens is 3. The van der Waals surface area contributed by atoms with Crippen molar-refractivity contribution in [2.75, 3.05) is 32.1 Å². The number of nitrogens with zero attached hydrogens (tertiary/aromatic N) is 8. The summed E-state index contributed by atoms with van der Waals surface area (Å²) in [7, 11) is 5.64. The van der Waals surface area contributed by atoms with E-state index in [9.17, 15) is 14.4 Å². The Kier molecular flexibility index (Phi) is 10.4. The molecule has 0 saturated carbocycles. The predicted molar refractivity (Wildman–Crippen MR) is 174 cm³/mol. The molecule has 228 valence electrons. The molecule has 11 heteroatoms. The molecule has 1 saturated heterocycles. The first kappa shape index (κ1) is 32.3. The van der Waals surface area contributed by atoms with Crippen LogP contribution in [0.25, 0.3) is 11.0 Å². The Balaban J connectivity index is 1.88. The lowest BCUT2D eigenvalue weighted by atomic mass is 9.95. The highest BCUT2D eigenvalue weighted by Crippen LogP contribution is 2.35. The van der Waals surface area contributed by atoms with Crippen molar-refractivity contribution < 1.29 is 4.39 Å². The van der Waals surface area contributed by atoms with Crippen LogP contribution in [0.1, 0.15) is 64.3 Å². The van der Waals surface area contributed by atoms with Crippen LogP contribution in [0.5, 0.6) is 0 Å². The van der Waals surface area contributed by atoms with Gasteiger partial charge >= 0.3 is 5.69 Å². The van der Waals surface area contributed by atoms with Crippen molar-refractivity contribution in [3.8, 4) is 6.07 Å². The van der Waals surface area contributed by atoms with Gasteiger partial charge in [-0.3, -0.25) is 9.47 Å². The first-order chi connectivity index (χ1) is 20.5. The number of nitriles is 1. The van der Waals surface area contributed by atoms with Crippen LogP contribution in [-0.4, -0.2) is 69.4 Å². The van der Waals surface area contributed by atoms with E-state index in [2.05, 4.69) is 69.5 Å². The standard InChI is InChI=1S/C32H40BrFN8O/c1-8-20(4)29(33)37-31(39(5)6)28(21-11-13-22(34)14-12-21)41-18-25(10-3)42(19-24(41)9-2)30-27-26(40(7)32(43)38-30)16-15-23(17-35)36-27/h11-16,24-25,28H,8-10,18-19H2,1-7H3/b29-20?,37-31-/t24-,25?,28?/m1/s1. The van der Waals surface area contributed by atoms with Crippen molar-refractivity contribution in [1.82, 2.24) is 24.3 Å². The average Bonchev–Trinajstić information content (AvgIpc) is 3.01. The molecule has 3 heterocycles. The van der Waals surface area contributed by atoms with Gasteiger partial charge in [-0.1, -0.05) is 32.9 Å². The molecule has 43 heavy (non-hydrogen) atoms. The Morgan fingerprint density at radius 1 is 1.12 bits per heavy atom. The molecule has 4 rings (SSSR count). The van der Waals surface area contributed by atoms with Gasteiger partial charge in [0.15, 0.2) is 5.82 Å². The lowest BCUT2D eigenvalue weighted by molar-refractivity contribution is 0.117. The molecule has 1 aliphatic rings. The highest BCUT2D eigenvalue weighted by atomic mass is 79.9. The minimum Gasteiger partial charge on any atom is -0.365 e. The van der Waals surface area contributed by atoms with E-state index in [1.54, 1.807) is 19.2 Å². The molecule has 0 bridgehead atoms. The first-order valence-electron chi connectivity index (χ1n) is 14.7. The zero-order valence-corrected chi connectivity index (χ0v) is 27.6. The van der Waals surface area contributed by atoms with Crippen molar-refractivity contribution in [3.63, 3.8) is 0 Å². The second kappa shape index (κ2) is 13.8. The van der Waals surface area contributed by atoms with Crippen LogP contribution in [0.3, 0.4) is 0 Å². The van der Waals surface area contributed by atoms with Crippen molar-refractivity contribution in [1.29, 1.82) is 5.26 Å². The number of pyridine rings is 1.